The van der Waals surface area contributed by atoms with E-state index in [9.17, 15) is 13.2 Å². The number of nitrogen functional groups attached to an aromatic ring is 1. The first kappa shape index (κ1) is 20.5. The van der Waals surface area contributed by atoms with E-state index >= 15 is 0 Å². The van der Waals surface area contributed by atoms with Crippen LogP contribution in [0.5, 0.6) is 5.75 Å². The molecule has 0 atom stereocenters. The summed E-state index contributed by atoms with van der Waals surface area (Å²) in [4.78, 5) is 0. The van der Waals surface area contributed by atoms with Crippen molar-refractivity contribution in [2.24, 2.45) is 5.73 Å². The van der Waals surface area contributed by atoms with Gasteiger partial charge in [0.25, 0.3) is 0 Å². The monoisotopic (exact) mass is 320 g/mol. The number of rotatable bonds is 5. The highest BCUT2D eigenvalue weighted by molar-refractivity contribution is 5.85. The van der Waals surface area contributed by atoms with E-state index in [1.165, 1.54) is 12.1 Å². The number of ether oxygens (including phenoxy) is 1. The Bertz CT molecular complexity index is 375. The van der Waals surface area contributed by atoms with Crippen LogP contribution in [0.1, 0.15) is 18.4 Å². The van der Waals surface area contributed by atoms with Crippen LogP contribution in [0, 0.1) is 0 Å². The lowest BCUT2D eigenvalue weighted by molar-refractivity contribution is -0.137. The fourth-order valence-electron chi connectivity index (χ4n) is 1.31. The zero-order valence-corrected chi connectivity index (χ0v) is 11.7. The molecule has 0 amide bonds. The average Bonchev–Trinajstić information content (AvgIpc) is 2.25. The SMILES string of the molecule is Cl.Cl.NCCCCOc1ccc(N)c(C(F)(F)F)c1. The van der Waals surface area contributed by atoms with E-state index in [1.54, 1.807) is 0 Å². The number of alkyl halides is 3. The van der Waals surface area contributed by atoms with Crippen molar-refractivity contribution >= 4 is 30.5 Å². The Morgan fingerprint density at radius 3 is 2.26 bits per heavy atom. The van der Waals surface area contributed by atoms with Crippen molar-refractivity contribution in [2.45, 2.75) is 19.0 Å². The zero-order chi connectivity index (χ0) is 12.9. The molecule has 0 aromatic heterocycles. The Hall–Kier alpha value is -0.850. The Morgan fingerprint density at radius 2 is 1.74 bits per heavy atom. The van der Waals surface area contributed by atoms with Crippen LogP contribution in [0.2, 0.25) is 0 Å². The first-order valence-corrected chi connectivity index (χ1v) is 5.24. The molecule has 0 saturated carbocycles. The van der Waals surface area contributed by atoms with E-state index in [2.05, 4.69) is 0 Å². The Kier molecular flexibility index (Phi) is 9.82. The second kappa shape index (κ2) is 9.12. The summed E-state index contributed by atoms with van der Waals surface area (Å²) in [6.45, 7) is 0.886. The lowest BCUT2D eigenvalue weighted by atomic mass is 10.1. The van der Waals surface area contributed by atoms with E-state index in [1.807, 2.05) is 0 Å². The van der Waals surface area contributed by atoms with Crippen molar-refractivity contribution in [3.05, 3.63) is 23.8 Å². The van der Waals surface area contributed by atoms with Crippen LogP contribution in [-0.2, 0) is 6.18 Å². The summed E-state index contributed by atoms with van der Waals surface area (Å²) in [6.07, 6.45) is -2.97. The van der Waals surface area contributed by atoms with Crippen LogP contribution in [0.3, 0.4) is 0 Å². The second-order valence-corrected chi connectivity index (χ2v) is 3.59. The smallest absolute Gasteiger partial charge is 0.418 e. The number of anilines is 1. The van der Waals surface area contributed by atoms with Crippen molar-refractivity contribution in [3.8, 4) is 5.75 Å². The topological polar surface area (TPSA) is 61.3 Å². The van der Waals surface area contributed by atoms with Gasteiger partial charge in [0.1, 0.15) is 5.75 Å². The van der Waals surface area contributed by atoms with Crippen LogP contribution in [0.15, 0.2) is 18.2 Å². The van der Waals surface area contributed by atoms with Gasteiger partial charge in [-0.25, -0.2) is 0 Å². The Balaban J connectivity index is 0. The largest absolute Gasteiger partial charge is 0.494 e. The molecule has 0 saturated heterocycles. The lowest BCUT2D eigenvalue weighted by Gasteiger charge is -2.12. The van der Waals surface area contributed by atoms with Crippen molar-refractivity contribution < 1.29 is 17.9 Å². The summed E-state index contributed by atoms with van der Waals surface area (Å²) < 4.78 is 42.7. The predicted octanol–water partition coefficient (Wildman–Crippen LogP) is 3.25. The van der Waals surface area contributed by atoms with Gasteiger partial charge < -0.3 is 16.2 Å². The van der Waals surface area contributed by atoms with E-state index in [-0.39, 0.29) is 36.3 Å². The molecule has 0 unspecified atom stereocenters. The molecule has 0 aliphatic rings. The van der Waals surface area contributed by atoms with Gasteiger partial charge in [0.15, 0.2) is 0 Å². The quantitative estimate of drug-likeness (QED) is 0.646. The normalized spacial score (nSPS) is 10.3. The molecule has 0 radical (unpaired) electrons. The van der Waals surface area contributed by atoms with Gasteiger partial charge in [-0.05, 0) is 37.6 Å². The Labute approximate surface area is 122 Å². The zero-order valence-electron chi connectivity index (χ0n) is 10.1. The third-order valence-electron chi connectivity index (χ3n) is 2.20. The minimum absolute atomic E-state index is 0. The van der Waals surface area contributed by atoms with E-state index in [0.29, 0.717) is 19.6 Å². The average molecular weight is 321 g/mol. The maximum Gasteiger partial charge on any atom is 0.418 e. The fraction of sp³-hybridized carbons (Fsp3) is 0.455. The van der Waals surface area contributed by atoms with Gasteiger partial charge in [0.2, 0.25) is 0 Å². The van der Waals surface area contributed by atoms with Crippen LogP contribution in [-0.4, -0.2) is 13.2 Å². The molecule has 0 aliphatic heterocycles. The molecular formula is C11H17Cl2F3N2O. The first-order chi connectivity index (χ1) is 7.95. The van der Waals surface area contributed by atoms with E-state index in [4.69, 9.17) is 16.2 Å². The summed E-state index contributed by atoms with van der Waals surface area (Å²) in [5.74, 6) is 0.170. The van der Waals surface area contributed by atoms with Gasteiger partial charge in [-0.1, -0.05) is 0 Å². The standard InChI is InChI=1S/C11H15F3N2O.2ClH/c12-11(13,14)9-7-8(3-4-10(9)16)17-6-2-1-5-15;;/h3-4,7H,1-2,5-6,15-16H2;2*1H. The Morgan fingerprint density at radius 1 is 1.11 bits per heavy atom. The van der Waals surface area contributed by atoms with Crippen LogP contribution in [0.4, 0.5) is 18.9 Å². The number of halogens is 5. The number of hydrogen-bond acceptors (Lipinski definition) is 3. The van der Waals surface area contributed by atoms with Crippen molar-refractivity contribution in [3.63, 3.8) is 0 Å². The van der Waals surface area contributed by atoms with Gasteiger partial charge in [-0.15, -0.1) is 24.8 Å². The molecule has 4 N–H and O–H groups in total. The highest BCUT2D eigenvalue weighted by Crippen LogP contribution is 2.35. The van der Waals surface area contributed by atoms with Gasteiger partial charge >= 0.3 is 6.18 Å². The second-order valence-electron chi connectivity index (χ2n) is 3.59. The predicted molar refractivity (Wildman–Crippen MR) is 74.1 cm³/mol. The van der Waals surface area contributed by atoms with Crippen LogP contribution < -0.4 is 16.2 Å². The third-order valence-corrected chi connectivity index (χ3v) is 2.20. The fourth-order valence-corrected chi connectivity index (χ4v) is 1.31. The number of benzene rings is 1. The number of hydrogen-bond donors (Lipinski definition) is 2. The van der Waals surface area contributed by atoms with Gasteiger partial charge in [0.05, 0.1) is 12.2 Å². The van der Waals surface area contributed by atoms with Gasteiger partial charge in [0, 0.05) is 5.69 Å². The third kappa shape index (κ3) is 6.75. The molecule has 8 heteroatoms. The van der Waals surface area contributed by atoms with Crippen LogP contribution >= 0.6 is 24.8 Å². The molecule has 0 heterocycles. The summed E-state index contributed by atoms with van der Waals surface area (Å²) in [5, 5.41) is 0. The summed E-state index contributed by atoms with van der Waals surface area (Å²) in [5.41, 5.74) is 9.38. The van der Waals surface area contributed by atoms with Crippen molar-refractivity contribution in [1.29, 1.82) is 0 Å². The van der Waals surface area contributed by atoms with Crippen molar-refractivity contribution in [2.75, 3.05) is 18.9 Å². The highest BCUT2D eigenvalue weighted by atomic mass is 35.5. The lowest BCUT2D eigenvalue weighted by Crippen LogP contribution is -2.09. The minimum Gasteiger partial charge on any atom is -0.494 e. The molecule has 1 aromatic carbocycles. The number of nitrogens with two attached hydrogens (primary N) is 2. The van der Waals surface area contributed by atoms with Gasteiger partial charge in [-0.3, -0.25) is 0 Å². The minimum atomic E-state index is -4.46. The maximum atomic E-state index is 12.5. The van der Waals surface area contributed by atoms with E-state index in [0.717, 1.165) is 12.5 Å². The van der Waals surface area contributed by atoms with Crippen LogP contribution in [0.25, 0.3) is 0 Å². The van der Waals surface area contributed by atoms with Crippen molar-refractivity contribution in [1.82, 2.24) is 0 Å². The molecule has 0 bridgehead atoms. The summed E-state index contributed by atoms with van der Waals surface area (Å²) in [7, 11) is 0. The molecule has 3 nitrogen and oxygen atoms in total. The number of unbranched alkanes of at least 4 members (excludes halogenated alkanes) is 1. The highest BCUT2D eigenvalue weighted by Gasteiger charge is 2.33. The molecule has 112 valence electrons. The maximum absolute atomic E-state index is 12.5. The summed E-state index contributed by atoms with van der Waals surface area (Å²) in [6, 6.07) is 3.53. The molecule has 0 spiro atoms. The molecule has 0 fully saturated rings. The molecule has 0 aliphatic carbocycles. The molecule has 1 aromatic rings. The molecule has 1 rings (SSSR count). The summed E-state index contributed by atoms with van der Waals surface area (Å²) >= 11 is 0. The van der Waals surface area contributed by atoms with E-state index < -0.39 is 11.7 Å². The van der Waals surface area contributed by atoms with Gasteiger partial charge in [-0.2, -0.15) is 13.2 Å². The molecular weight excluding hydrogens is 304 g/mol. The molecule has 19 heavy (non-hydrogen) atoms. The first-order valence-electron chi connectivity index (χ1n) is 5.24.